The zero-order valence-corrected chi connectivity index (χ0v) is 12.9. The van der Waals surface area contributed by atoms with Gasteiger partial charge in [-0.15, -0.1) is 0 Å². The molecule has 0 aliphatic carbocycles. The van der Waals surface area contributed by atoms with E-state index in [9.17, 15) is 18.0 Å². The second kappa shape index (κ2) is 6.71. The topological polar surface area (TPSA) is 96.0 Å². The van der Waals surface area contributed by atoms with Crippen LogP contribution in [0.15, 0.2) is 0 Å². The van der Waals surface area contributed by atoms with Crippen LogP contribution < -0.4 is 5.32 Å². The summed E-state index contributed by atoms with van der Waals surface area (Å²) in [4.78, 5) is 23.2. The lowest BCUT2D eigenvalue weighted by Gasteiger charge is -2.28. The summed E-state index contributed by atoms with van der Waals surface area (Å²) in [6.45, 7) is 2.88. The molecule has 2 aliphatic rings. The molecule has 9 heteroatoms. The van der Waals surface area contributed by atoms with Gasteiger partial charge in [0.1, 0.15) is 6.04 Å². The number of esters is 1. The van der Waals surface area contributed by atoms with Crippen molar-refractivity contribution < 1.29 is 22.7 Å². The minimum atomic E-state index is -3.75. The Bertz CT molecular complexity index is 507. The molecule has 2 fully saturated rings. The molecule has 8 nitrogen and oxygen atoms in total. The lowest BCUT2D eigenvalue weighted by atomic mass is 10.2. The van der Waals surface area contributed by atoms with Gasteiger partial charge in [0.25, 0.3) is 10.2 Å². The number of nitrogens with zero attached hydrogens (tertiary/aromatic N) is 2. The molecule has 1 unspecified atom stereocenters. The highest BCUT2D eigenvalue weighted by Gasteiger charge is 2.42. The maximum atomic E-state index is 12.7. The van der Waals surface area contributed by atoms with Gasteiger partial charge in [0, 0.05) is 32.6 Å². The average Bonchev–Trinajstić information content (AvgIpc) is 2.83. The van der Waals surface area contributed by atoms with E-state index in [2.05, 4.69) is 5.32 Å². The quantitative estimate of drug-likeness (QED) is 0.676. The maximum absolute atomic E-state index is 12.7. The molecule has 2 heterocycles. The fraction of sp³-hybridized carbons (Fsp3) is 0.833. The summed E-state index contributed by atoms with van der Waals surface area (Å²) in [5.74, 6) is -0.654. The summed E-state index contributed by atoms with van der Waals surface area (Å²) < 4.78 is 32.8. The summed E-state index contributed by atoms with van der Waals surface area (Å²) >= 11 is 0. The first-order valence-corrected chi connectivity index (χ1v) is 8.56. The smallest absolute Gasteiger partial charge is 0.324 e. The third-order valence-electron chi connectivity index (χ3n) is 3.66. The first-order valence-electron chi connectivity index (χ1n) is 7.17. The average molecular weight is 319 g/mol. The number of nitrogens with one attached hydrogen (secondary N) is 1. The van der Waals surface area contributed by atoms with Crippen LogP contribution in [0.5, 0.6) is 0 Å². The molecule has 0 saturated carbocycles. The van der Waals surface area contributed by atoms with E-state index >= 15 is 0 Å². The number of carbonyl (C=O) groups excluding carboxylic acids is 2. The van der Waals surface area contributed by atoms with Gasteiger partial charge in [-0.1, -0.05) is 0 Å². The van der Waals surface area contributed by atoms with Crippen molar-refractivity contribution in [2.45, 2.75) is 32.2 Å². The summed E-state index contributed by atoms with van der Waals surface area (Å²) in [7, 11) is -3.75. The van der Waals surface area contributed by atoms with E-state index in [4.69, 9.17) is 4.74 Å². The first kappa shape index (κ1) is 16.2. The number of hydrogen-bond donors (Lipinski definition) is 1. The highest BCUT2D eigenvalue weighted by atomic mass is 32.2. The molecule has 1 amide bonds. The van der Waals surface area contributed by atoms with Crippen LogP contribution in [-0.2, 0) is 24.5 Å². The first-order chi connectivity index (χ1) is 9.96. The van der Waals surface area contributed by atoms with Gasteiger partial charge >= 0.3 is 5.97 Å². The molecule has 0 spiro atoms. The third-order valence-corrected chi connectivity index (χ3v) is 5.70. The standard InChI is InChI=1S/C12H21N3O5S/c1-2-20-12(17)10-4-3-7-15(10)21(18,19)14-8-5-11(16)13-6-9-14/h10H,2-9H2,1H3,(H,13,16). The maximum Gasteiger partial charge on any atom is 0.324 e. The number of rotatable bonds is 4. The molecule has 120 valence electrons. The molecule has 0 aromatic carbocycles. The molecule has 0 aromatic heterocycles. The molecule has 2 aliphatic heterocycles. The largest absolute Gasteiger partial charge is 0.465 e. The second-order valence-electron chi connectivity index (χ2n) is 5.03. The zero-order chi connectivity index (χ0) is 15.5. The van der Waals surface area contributed by atoms with Crippen LogP contribution in [0.25, 0.3) is 0 Å². The second-order valence-corrected chi connectivity index (χ2v) is 6.91. The van der Waals surface area contributed by atoms with Gasteiger partial charge in [0.2, 0.25) is 5.91 Å². The Labute approximate surface area is 124 Å². The van der Waals surface area contributed by atoms with Crippen molar-refractivity contribution in [3.8, 4) is 0 Å². The molecule has 1 N–H and O–H groups in total. The van der Waals surface area contributed by atoms with Gasteiger partial charge in [-0.2, -0.15) is 17.0 Å². The van der Waals surface area contributed by atoms with Crippen LogP contribution in [0.2, 0.25) is 0 Å². The highest BCUT2D eigenvalue weighted by molar-refractivity contribution is 7.86. The number of ether oxygens (including phenoxy) is 1. The van der Waals surface area contributed by atoms with Gasteiger partial charge < -0.3 is 10.1 Å². The van der Waals surface area contributed by atoms with Crippen molar-refractivity contribution in [3.05, 3.63) is 0 Å². The monoisotopic (exact) mass is 319 g/mol. The van der Waals surface area contributed by atoms with E-state index in [-0.39, 0.29) is 38.6 Å². The Balaban J connectivity index is 2.13. The predicted octanol–water partition coefficient (Wildman–Crippen LogP) is -0.919. The predicted molar refractivity (Wildman–Crippen MR) is 74.5 cm³/mol. The lowest BCUT2D eigenvalue weighted by molar-refractivity contribution is -0.147. The van der Waals surface area contributed by atoms with Gasteiger partial charge in [0.15, 0.2) is 0 Å². The van der Waals surface area contributed by atoms with E-state index in [1.165, 1.54) is 8.61 Å². The Morgan fingerprint density at radius 2 is 2.14 bits per heavy atom. The van der Waals surface area contributed by atoms with E-state index in [0.717, 1.165) is 0 Å². The van der Waals surface area contributed by atoms with Crippen LogP contribution in [0, 0.1) is 0 Å². The zero-order valence-electron chi connectivity index (χ0n) is 12.1. The molecule has 1 atom stereocenters. The summed E-state index contributed by atoms with van der Waals surface area (Å²) in [5, 5.41) is 2.64. The Kier molecular flexibility index (Phi) is 5.17. The van der Waals surface area contributed by atoms with Gasteiger partial charge in [-0.25, -0.2) is 0 Å². The molecule has 2 saturated heterocycles. The van der Waals surface area contributed by atoms with E-state index < -0.39 is 22.2 Å². The summed E-state index contributed by atoms with van der Waals surface area (Å²) in [5.41, 5.74) is 0. The molecule has 0 bridgehead atoms. The van der Waals surface area contributed by atoms with Gasteiger partial charge in [-0.3, -0.25) is 9.59 Å². The molecular weight excluding hydrogens is 298 g/mol. The Hall–Kier alpha value is -1.19. The van der Waals surface area contributed by atoms with E-state index in [1.807, 2.05) is 0 Å². The SMILES string of the molecule is CCOC(=O)C1CCCN1S(=O)(=O)N1CCNC(=O)CC1. The van der Waals surface area contributed by atoms with Crippen LogP contribution in [-0.4, -0.2) is 67.7 Å². The Morgan fingerprint density at radius 1 is 1.38 bits per heavy atom. The van der Waals surface area contributed by atoms with Crippen molar-refractivity contribution in [3.63, 3.8) is 0 Å². The molecular formula is C12H21N3O5S. The number of hydrogen-bond acceptors (Lipinski definition) is 5. The number of amides is 1. The molecule has 0 aromatic rings. The van der Waals surface area contributed by atoms with E-state index in [1.54, 1.807) is 6.92 Å². The summed E-state index contributed by atoms with van der Waals surface area (Å²) in [6.07, 6.45) is 1.24. The fourth-order valence-electron chi connectivity index (χ4n) is 2.62. The van der Waals surface area contributed by atoms with Crippen molar-refractivity contribution in [2.75, 3.05) is 32.8 Å². The van der Waals surface area contributed by atoms with Crippen molar-refractivity contribution >= 4 is 22.1 Å². The minimum absolute atomic E-state index is 0.136. The van der Waals surface area contributed by atoms with E-state index in [0.29, 0.717) is 19.4 Å². The van der Waals surface area contributed by atoms with Gasteiger partial charge in [0.05, 0.1) is 6.61 Å². The van der Waals surface area contributed by atoms with Crippen molar-refractivity contribution in [1.29, 1.82) is 0 Å². The van der Waals surface area contributed by atoms with Gasteiger partial charge in [-0.05, 0) is 19.8 Å². The Morgan fingerprint density at radius 3 is 2.86 bits per heavy atom. The highest BCUT2D eigenvalue weighted by Crippen LogP contribution is 2.24. The van der Waals surface area contributed by atoms with Crippen LogP contribution >= 0.6 is 0 Å². The van der Waals surface area contributed by atoms with Crippen LogP contribution in [0.1, 0.15) is 26.2 Å². The van der Waals surface area contributed by atoms with Crippen molar-refractivity contribution in [1.82, 2.24) is 13.9 Å². The lowest BCUT2D eigenvalue weighted by Crippen LogP contribution is -2.49. The fourth-order valence-corrected chi connectivity index (χ4v) is 4.43. The normalized spacial score (nSPS) is 25.4. The third kappa shape index (κ3) is 3.53. The molecule has 2 rings (SSSR count). The number of carbonyl (C=O) groups is 2. The minimum Gasteiger partial charge on any atom is -0.465 e. The van der Waals surface area contributed by atoms with Crippen LogP contribution in [0.3, 0.4) is 0 Å². The van der Waals surface area contributed by atoms with Crippen LogP contribution in [0.4, 0.5) is 0 Å². The summed E-state index contributed by atoms with van der Waals surface area (Å²) in [6, 6.07) is -0.748. The van der Waals surface area contributed by atoms with Crippen molar-refractivity contribution in [2.24, 2.45) is 0 Å². The molecule has 21 heavy (non-hydrogen) atoms. The molecule has 0 radical (unpaired) electrons.